The summed E-state index contributed by atoms with van der Waals surface area (Å²) in [6, 6.07) is 12.6. The molecule has 0 bridgehead atoms. The number of hydrogen-bond acceptors (Lipinski definition) is 5. The molecule has 7 nitrogen and oxygen atoms in total. The van der Waals surface area contributed by atoms with E-state index in [4.69, 9.17) is 27.9 Å². The van der Waals surface area contributed by atoms with Crippen LogP contribution in [0.1, 0.15) is 12.5 Å². The van der Waals surface area contributed by atoms with E-state index in [0.717, 1.165) is 11.0 Å². The Hall–Kier alpha value is -2.64. The monoisotopic (exact) mass is 389 g/mol. The number of fused-ring (bicyclic) bond motifs is 1. The molecule has 3 aromatic rings. The van der Waals surface area contributed by atoms with Crippen LogP contribution in [0.2, 0.25) is 10.0 Å². The number of halogens is 2. The van der Waals surface area contributed by atoms with Crippen LogP contribution in [-0.2, 0) is 16.1 Å². The van der Waals surface area contributed by atoms with Crippen molar-refractivity contribution in [2.45, 2.75) is 19.7 Å². The minimum absolute atomic E-state index is 0.199. The third-order valence-corrected chi connectivity index (χ3v) is 4.60. The lowest BCUT2D eigenvalue weighted by molar-refractivity contribution is -0.135. The molecule has 26 heavy (non-hydrogen) atoms. The summed E-state index contributed by atoms with van der Waals surface area (Å²) < 4.78 is 7.57. The molecular formula is C17H13Cl2N5O2. The Morgan fingerprint density at radius 3 is 2.62 bits per heavy atom. The summed E-state index contributed by atoms with van der Waals surface area (Å²) in [6.45, 7) is 1.67. The van der Waals surface area contributed by atoms with E-state index in [0.29, 0.717) is 15.6 Å². The van der Waals surface area contributed by atoms with Gasteiger partial charge in [-0.05, 0) is 24.3 Å². The maximum atomic E-state index is 12.0. The summed E-state index contributed by atoms with van der Waals surface area (Å²) in [5, 5.41) is 14.6. The SMILES string of the molecule is CC(=O)N1N=C(c2c(Cl)cccc2Cl)OC1Cn1nnc2ccccc21. The summed E-state index contributed by atoms with van der Waals surface area (Å²) >= 11 is 12.5. The van der Waals surface area contributed by atoms with E-state index in [-0.39, 0.29) is 18.3 Å². The van der Waals surface area contributed by atoms with Crippen molar-refractivity contribution < 1.29 is 9.53 Å². The van der Waals surface area contributed by atoms with Crippen molar-refractivity contribution >= 4 is 46.0 Å². The number of benzene rings is 2. The van der Waals surface area contributed by atoms with Crippen LogP contribution in [-0.4, -0.2) is 38.0 Å². The van der Waals surface area contributed by atoms with Crippen molar-refractivity contribution in [2.24, 2.45) is 5.10 Å². The van der Waals surface area contributed by atoms with Crippen LogP contribution < -0.4 is 0 Å². The van der Waals surface area contributed by atoms with Crippen molar-refractivity contribution in [1.82, 2.24) is 20.0 Å². The molecule has 0 fully saturated rings. The van der Waals surface area contributed by atoms with E-state index in [1.807, 2.05) is 24.3 Å². The zero-order chi connectivity index (χ0) is 18.3. The van der Waals surface area contributed by atoms with Gasteiger partial charge in [-0.3, -0.25) is 4.79 Å². The predicted octanol–water partition coefficient (Wildman–Crippen LogP) is 3.30. The average Bonchev–Trinajstić information content (AvgIpc) is 3.20. The first-order valence-electron chi connectivity index (χ1n) is 7.82. The molecule has 1 aliphatic rings. The highest BCUT2D eigenvalue weighted by atomic mass is 35.5. The fraction of sp³-hybridized carbons (Fsp3) is 0.176. The fourth-order valence-electron chi connectivity index (χ4n) is 2.76. The summed E-state index contributed by atoms with van der Waals surface area (Å²) in [5.41, 5.74) is 2.05. The number of amides is 1. The average molecular weight is 390 g/mol. The van der Waals surface area contributed by atoms with Gasteiger partial charge in [-0.1, -0.05) is 46.6 Å². The molecule has 1 aromatic heterocycles. The van der Waals surface area contributed by atoms with Crippen LogP contribution in [0, 0.1) is 0 Å². The Morgan fingerprint density at radius 1 is 1.15 bits per heavy atom. The maximum absolute atomic E-state index is 12.0. The van der Waals surface area contributed by atoms with Crippen molar-refractivity contribution in [3.63, 3.8) is 0 Å². The fourth-order valence-corrected chi connectivity index (χ4v) is 3.32. The third-order valence-electron chi connectivity index (χ3n) is 3.97. The van der Waals surface area contributed by atoms with Gasteiger partial charge in [0.25, 0.3) is 0 Å². The summed E-state index contributed by atoms with van der Waals surface area (Å²) in [5.74, 6) is -0.0668. The first-order valence-corrected chi connectivity index (χ1v) is 8.58. The van der Waals surface area contributed by atoms with Crippen LogP contribution in [0.3, 0.4) is 0 Å². The standard InChI is InChI=1S/C17H13Cl2N5O2/c1-10(25)24-15(9-23-14-8-3-2-7-13(14)20-22-23)26-17(21-24)16-11(18)5-4-6-12(16)19/h2-8,15H,9H2,1H3. The van der Waals surface area contributed by atoms with Crippen molar-refractivity contribution in [2.75, 3.05) is 0 Å². The Labute approximate surface area is 158 Å². The van der Waals surface area contributed by atoms with Gasteiger partial charge in [0.1, 0.15) is 12.1 Å². The lowest BCUT2D eigenvalue weighted by atomic mass is 10.2. The highest BCUT2D eigenvalue weighted by molar-refractivity contribution is 6.39. The first-order chi connectivity index (χ1) is 12.5. The lowest BCUT2D eigenvalue weighted by Crippen LogP contribution is -2.35. The molecule has 0 saturated heterocycles. The number of carbonyl (C=O) groups excluding carboxylic acids is 1. The van der Waals surface area contributed by atoms with Crippen molar-refractivity contribution in [3.8, 4) is 0 Å². The molecule has 2 heterocycles. The summed E-state index contributed by atoms with van der Waals surface area (Å²) in [4.78, 5) is 12.0. The van der Waals surface area contributed by atoms with Crippen LogP contribution >= 0.6 is 23.2 Å². The molecule has 2 aromatic carbocycles. The van der Waals surface area contributed by atoms with E-state index in [1.165, 1.54) is 11.9 Å². The number of aromatic nitrogens is 3. The Balaban J connectivity index is 1.67. The molecule has 132 valence electrons. The van der Waals surface area contributed by atoms with E-state index >= 15 is 0 Å². The van der Waals surface area contributed by atoms with Gasteiger partial charge in [-0.25, -0.2) is 4.68 Å². The van der Waals surface area contributed by atoms with E-state index in [1.54, 1.807) is 22.9 Å². The first kappa shape index (κ1) is 16.8. The topological polar surface area (TPSA) is 72.6 Å². The van der Waals surface area contributed by atoms with E-state index in [9.17, 15) is 4.79 Å². The van der Waals surface area contributed by atoms with Gasteiger partial charge >= 0.3 is 0 Å². The molecule has 1 aliphatic heterocycles. The second-order valence-electron chi connectivity index (χ2n) is 5.70. The predicted molar refractivity (Wildman–Crippen MR) is 97.9 cm³/mol. The smallest absolute Gasteiger partial charge is 0.243 e. The third kappa shape index (κ3) is 2.89. The quantitative estimate of drug-likeness (QED) is 0.688. The highest BCUT2D eigenvalue weighted by Gasteiger charge is 2.34. The number of rotatable bonds is 3. The Bertz CT molecular complexity index is 1010. The second-order valence-corrected chi connectivity index (χ2v) is 6.51. The highest BCUT2D eigenvalue weighted by Crippen LogP contribution is 2.29. The van der Waals surface area contributed by atoms with Crippen molar-refractivity contribution in [3.05, 3.63) is 58.1 Å². The van der Waals surface area contributed by atoms with Crippen molar-refractivity contribution in [1.29, 1.82) is 0 Å². The van der Waals surface area contributed by atoms with Crippen LogP contribution in [0.25, 0.3) is 11.0 Å². The van der Waals surface area contributed by atoms with Gasteiger partial charge in [-0.2, -0.15) is 5.01 Å². The molecule has 9 heteroatoms. The number of ether oxygens (including phenoxy) is 1. The van der Waals surface area contributed by atoms with Gasteiger partial charge in [0.2, 0.25) is 18.0 Å². The number of para-hydroxylation sites is 1. The van der Waals surface area contributed by atoms with Gasteiger partial charge in [-0.15, -0.1) is 10.2 Å². The minimum atomic E-state index is -0.681. The molecule has 0 saturated carbocycles. The molecule has 1 amide bonds. The minimum Gasteiger partial charge on any atom is -0.448 e. The molecule has 0 spiro atoms. The number of hydrogen-bond donors (Lipinski definition) is 0. The largest absolute Gasteiger partial charge is 0.448 e. The number of nitrogens with zero attached hydrogens (tertiary/aromatic N) is 5. The number of carbonyl (C=O) groups is 1. The van der Waals surface area contributed by atoms with Gasteiger partial charge in [0, 0.05) is 6.92 Å². The zero-order valence-corrected chi connectivity index (χ0v) is 15.1. The molecule has 0 radical (unpaired) electrons. The maximum Gasteiger partial charge on any atom is 0.243 e. The molecular weight excluding hydrogens is 377 g/mol. The molecule has 4 rings (SSSR count). The van der Waals surface area contributed by atoms with E-state index in [2.05, 4.69) is 15.4 Å². The normalized spacial score (nSPS) is 16.7. The Kier molecular flexibility index (Phi) is 4.26. The van der Waals surface area contributed by atoms with E-state index < -0.39 is 6.23 Å². The lowest BCUT2D eigenvalue weighted by Gasteiger charge is -2.19. The molecule has 0 N–H and O–H groups in total. The summed E-state index contributed by atoms with van der Waals surface area (Å²) in [6.07, 6.45) is -0.681. The van der Waals surface area contributed by atoms with Gasteiger partial charge in [0.05, 0.1) is 21.1 Å². The van der Waals surface area contributed by atoms with Crippen LogP contribution in [0.5, 0.6) is 0 Å². The Morgan fingerprint density at radius 2 is 1.88 bits per heavy atom. The van der Waals surface area contributed by atoms with Gasteiger partial charge in [0.15, 0.2) is 0 Å². The second kappa shape index (κ2) is 6.59. The van der Waals surface area contributed by atoms with Crippen LogP contribution in [0.15, 0.2) is 47.6 Å². The van der Waals surface area contributed by atoms with Crippen LogP contribution in [0.4, 0.5) is 0 Å². The molecule has 1 atom stereocenters. The summed E-state index contributed by atoms with van der Waals surface area (Å²) in [7, 11) is 0. The molecule has 1 unspecified atom stereocenters. The van der Waals surface area contributed by atoms with Gasteiger partial charge < -0.3 is 4.74 Å². The number of hydrazone groups is 1. The molecule has 0 aliphatic carbocycles. The zero-order valence-electron chi connectivity index (χ0n) is 13.6.